The van der Waals surface area contributed by atoms with Gasteiger partial charge in [-0.1, -0.05) is 23.5 Å². The van der Waals surface area contributed by atoms with Crippen LogP contribution in [0.1, 0.15) is 24.5 Å². The summed E-state index contributed by atoms with van der Waals surface area (Å²) in [6.45, 7) is 0. The van der Waals surface area contributed by atoms with Gasteiger partial charge in [-0.15, -0.1) is 0 Å². The van der Waals surface area contributed by atoms with Gasteiger partial charge in [0.25, 0.3) is 0 Å². The van der Waals surface area contributed by atoms with Crippen LogP contribution in [0.4, 0.5) is 15.7 Å². The van der Waals surface area contributed by atoms with Crippen LogP contribution in [0, 0.1) is 0 Å². The number of amides is 2. The molecule has 7 heteroatoms. The van der Waals surface area contributed by atoms with Crippen LogP contribution < -0.4 is 10.6 Å². The second-order valence-corrected chi connectivity index (χ2v) is 6.08. The van der Waals surface area contributed by atoms with Gasteiger partial charge in [0, 0.05) is 17.7 Å². The molecule has 1 saturated carbocycles. The van der Waals surface area contributed by atoms with Crippen LogP contribution in [0.25, 0.3) is 10.2 Å². The van der Waals surface area contributed by atoms with E-state index in [4.69, 9.17) is 0 Å². The van der Waals surface area contributed by atoms with Crippen molar-refractivity contribution in [2.75, 3.05) is 10.6 Å². The van der Waals surface area contributed by atoms with Crippen LogP contribution in [0.3, 0.4) is 0 Å². The molecule has 0 atom stereocenters. The van der Waals surface area contributed by atoms with E-state index in [1.54, 1.807) is 0 Å². The highest BCUT2D eigenvalue weighted by Crippen LogP contribution is 2.39. The van der Waals surface area contributed by atoms with Crippen molar-refractivity contribution in [1.29, 1.82) is 0 Å². The summed E-state index contributed by atoms with van der Waals surface area (Å²) in [5.74, 6) is 1.12. The molecule has 4 rings (SSSR count). The number of rotatable bonds is 3. The second kappa shape index (κ2) is 4.85. The number of para-hydroxylation sites is 1. The molecule has 0 spiro atoms. The predicted molar refractivity (Wildman–Crippen MR) is 82.8 cm³/mol. The van der Waals surface area contributed by atoms with Crippen LogP contribution in [-0.2, 0) is 0 Å². The van der Waals surface area contributed by atoms with Gasteiger partial charge < -0.3 is 0 Å². The van der Waals surface area contributed by atoms with Crippen molar-refractivity contribution >= 4 is 38.5 Å². The zero-order valence-electron chi connectivity index (χ0n) is 11.1. The molecule has 1 aliphatic rings. The maximum absolute atomic E-state index is 11.9. The van der Waals surface area contributed by atoms with Crippen molar-refractivity contribution < 1.29 is 4.79 Å². The van der Waals surface area contributed by atoms with E-state index < -0.39 is 0 Å². The zero-order chi connectivity index (χ0) is 14.2. The molecule has 1 aliphatic carbocycles. The number of nitrogens with one attached hydrogen (secondary N) is 3. The summed E-state index contributed by atoms with van der Waals surface area (Å²) >= 11 is 1.44. The molecule has 3 N–H and O–H groups in total. The molecule has 1 fully saturated rings. The Bertz CT molecular complexity index is 771. The molecule has 0 saturated heterocycles. The number of nitrogens with zero attached hydrogens (tertiary/aromatic N) is 2. The fourth-order valence-electron chi connectivity index (χ4n) is 2.17. The number of urea groups is 1. The van der Waals surface area contributed by atoms with E-state index in [0.717, 1.165) is 15.9 Å². The number of H-pyrrole nitrogens is 1. The zero-order valence-corrected chi connectivity index (χ0v) is 11.9. The maximum atomic E-state index is 11.9. The van der Waals surface area contributed by atoms with E-state index in [-0.39, 0.29) is 6.03 Å². The minimum atomic E-state index is -0.331. The van der Waals surface area contributed by atoms with Gasteiger partial charge in [0.05, 0.1) is 10.2 Å². The number of aromatic nitrogens is 3. The highest BCUT2D eigenvalue weighted by atomic mass is 32.1. The maximum Gasteiger partial charge on any atom is 0.326 e. The SMILES string of the molecule is O=C(Nc1cc(C2CC2)[nH]n1)Nc1nc2ccccc2s1. The number of benzene rings is 1. The van der Waals surface area contributed by atoms with Gasteiger partial charge in [0.2, 0.25) is 0 Å². The van der Waals surface area contributed by atoms with E-state index in [0.29, 0.717) is 16.9 Å². The molecule has 0 aliphatic heterocycles. The number of hydrogen-bond acceptors (Lipinski definition) is 4. The predicted octanol–water partition coefficient (Wildman–Crippen LogP) is 3.54. The van der Waals surface area contributed by atoms with Gasteiger partial charge in [-0.2, -0.15) is 5.10 Å². The smallest absolute Gasteiger partial charge is 0.291 e. The van der Waals surface area contributed by atoms with Crippen LogP contribution >= 0.6 is 11.3 Å². The minimum absolute atomic E-state index is 0.331. The molecule has 1 aromatic carbocycles. The van der Waals surface area contributed by atoms with Crippen LogP contribution in [0.5, 0.6) is 0 Å². The van der Waals surface area contributed by atoms with Crippen molar-refractivity contribution in [2.45, 2.75) is 18.8 Å². The Hall–Kier alpha value is -2.41. The topological polar surface area (TPSA) is 82.7 Å². The standard InChI is InChI=1S/C14H13N5OS/c20-13(16-12-7-10(18-19-12)8-5-6-8)17-14-15-9-3-1-2-4-11(9)21-14/h1-4,7-8H,5-6H2,(H3,15,16,17,18,19,20). The molecule has 6 nitrogen and oxygen atoms in total. The van der Waals surface area contributed by atoms with Crippen molar-refractivity contribution in [3.05, 3.63) is 36.0 Å². The highest BCUT2D eigenvalue weighted by molar-refractivity contribution is 7.22. The summed E-state index contributed by atoms with van der Waals surface area (Å²) in [6.07, 6.45) is 2.39. The Morgan fingerprint density at radius 3 is 2.95 bits per heavy atom. The van der Waals surface area contributed by atoms with E-state index in [1.807, 2.05) is 30.3 Å². The Labute approximate surface area is 124 Å². The lowest BCUT2D eigenvalue weighted by Crippen LogP contribution is -2.19. The Kier molecular flexibility index (Phi) is 2.85. The number of fused-ring (bicyclic) bond motifs is 1. The Morgan fingerprint density at radius 1 is 1.29 bits per heavy atom. The van der Waals surface area contributed by atoms with Gasteiger partial charge in [-0.25, -0.2) is 9.78 Å². The van der Waals surface area contributed by atoms with Gasteiger partial charge in [-0.05, 0) is 25.0 Å². The van der Waals surface area contributed by atoms with E-state index in [2.05, 4.69) is 25.8 Å². The van der Waals surface area contributed by atoms with Gasteiger partial charge in [0.15, 0.2) is 10.9 Å². The van der Waals surface area contributed by atoms with Gasteiger partial charge >= 0.3 is 6.03 Å². The first-order chi connectivity index (χ1) is 10.3. The molecule has 0 unspecified atom stereocenters. The molecular formula is C14H13N5OS. The van der Waals surface area contributed by atoms with Crippen molar-refractivity contribution in [2.24, 2.45) is 0 Å². The third-order valence-electron chi connectivity index (χ3n) is 3.37. The molecule has 0 bridgehead atoms. The van der Waals surface area contributed by atoms with Gasteiger partial charge in [0.1, 0.15) is 0 Å². The molecule has 2 heterocycles. The molecule has 106 valence electrons. The highest BCUT2D eigenvalue weighted by Gasteiger charge is 2.25. The summed E-state index contributed by atoms with van der Waals surface area (Å²) in [5.41, 5.74) is 1.97. The number of anilines is 2. The molecular weight excluding hydrogens is 286 g/mol. The number of aromatic amines is 1. The van der Waals surface area contributed by atoms with E-state index in [1.165, 1.54) is 24.2 Å². The molecule has 0 radical (unpaired) electrons. The van der Waals surface area contributed by atoms with Gasteiger partial charge in [-0.3, -0.25) is 15.7 Å². The Morgan fingerprint density at radius 2 is 2.14 bits per heavy atom. The lowest BCUT2D eigenvalue weighted by Gasteiger charge is -2.00. The summed E-state index contributed by atoms with van der Waals surface area (Å²) < 4.78 is 1.04. The van der Waals surface area contributed by atoms with E-state index in [9.17, 15) is 4.79 Å². The number of hydrogen-bond donors (Lipinski definition) is 3. The van der Waals surface area contributed by atoms with Crippen LogP contribution in [0.2, 0.25) is 0 Å². The lowest BCUT2D eigenvalue weighted by molar-refractivity contribution is 0.262. The summed E-state index contributed by atoms with van der Waals surface area (Å²) in [4.78, 5) is 16.3. The first-order valence-electron chi connectivity index (χ1n) is 6.77. The first-order valence-corrected chi connectivity index (χ1v) is 7.58. The first kappa shape index (κ1) is 12.3. The summed E-state index contributed by atoms with van der Waals surface area (Å²) in [5, 5.41) is 13.1. The van der Waals surface area contributed by atoms with Crippen molar-refractivity contribution in [1.82, 2.24) is 15.2 Å². The summed E-state index contributed by atoms with van der Waals surface area (Å²) in [7, 11) is 0. The fourth-order valence-corrected chi connectivity index (χ4v) is 3.04. The molecule has 3 aromatic rings. The average Bonchev–Trinajstić information content (AvgIpc) is 3.08. The molecule has 2 amide bonds. The van der Waals surface area contributed by atoms with Crippen LogP contribution in [0.15, 0.2) is 30.3 Å². The number of thiazole rings is 1. The van der Waals surface area contributed by atoms with Crippen LogP contribution in [-0.4, -0.2) is 21.2 Å². The summed E-state index contributed by atoms with van der Waals surface area (Å²) in [6, 6.07) is 9.33. The Balaban J connectivity index is 1.44. The molecule has 21 heavy (non-hydrogen) atoms. The molecule has 2 aromatic heterocycles. The number of carbonyl (C=O) groups excluding carboxylic acids is 1. The quantitative estimate of drug-likeness (QED) is 0.691. The van der Waals surface area contributed by atoms with Crippen molar-refractivity contribution in [3.63, 3.8) is 0 Å². The third-order valence-corrected chi connectivity index (χ3v) is 4.32. The van der Waals surface area contributed by atoms with E-state index >= 15 is 0 Å². The lowest BCUT2D eigenvalue weighted by atomic mass is 10.3. The monoisotopic (exact) mass is 299 g/mol. The third kappa shape index (κ3) is 2.59. The second-order valence-electron chi connectivity index (χ2n) is 5.05. The number of carbonyl (C=O) groups is 1. The fraction of sp³-hybridized carbons (Fsp3) is 0.214. The van der Waals surface area contributed by atoms with Crippen molar-refractivity contribution in [3.8, 4) is 0 Å². The minimum Gasteiger partial charge on any atom is -0.291 e. The normalized spacial score (nSPS) is 14.3. The largest absolute Gasteiger partial charge is 0.326 e. The average molecular weight is 299 g/mol.